The molecule has 21 heavy (non-hydrogen) atoms. The molecule has 2 aromatic rings. The van der Waals surface area contributed by atoms with Crippen LogP contribution in [0.4, 0.5) is 5.69 Å². The Bertz CT molecular complexity index is 608. The van der Waals surface area contributed by atoms with Crippen LogP contribution in [0.5, 0.6) is 0 Å². The molecule has 2 aromatic carbocycles. The van der Waals surface area contributed by atoms with Gasteiger partial charge in [-0.15, -0.1) is 0 Å². The van der Waals surface area contributed by atoms with Gasteiger partial charge in [-0.3, -0.25) is 0 Å². The van der Waals surface area contributed by atoms with Crippen molar-refractivity contribution in [3.63, 3.8) is 0 Å². The van der Waals surface area contributed by atoms with Crippen LogP contribution in [0.15, 0.2) is 48.5 Å². The average molecular weight is 298 g/mol. The van der Waals surface area contributed by atoms with Crippen molar-refractivity contribution in [1.82, 2.24) is 5.32 Å². The van der Waals surface area contributed by atoms with Crippen LogP contribution in [0.25, 0.3) is 0 Å². The molecule has 0 saturated heterocycles. The van der Waals surface area contributed by atoms with Gasteiger partial charge in [-0.1, -0.05) is 49.4 Å². The Balaban J connectivity index is 2.05. The molecule has 0 aliphatic rings. The van der Waals surface area contributed by atoms with Crippen LogP contribution in [-0.4, -0.2) is 5.11 Å². The third-order valence-electron chi connectivity index (χ3n) is 3.56. The van der Waals surface area contributed by atoms with E-state index >= 15 is 0 Å². The SMILES string of the molecule is CC[C@H](NC(=S)Nc1cc(C)ccc1C)c1ccccc1. The summed E-state index contributed by atoms with van der Waals surface area (Å²) in [5, 5.41) is 7.37. The van der Waals surface area contributed by atoms with Crippen LogP contribution < -0.4 is 10.6 Å². The van der Waals surface area contributed by atoms with Crippen LogP contribution in [0.1, 0.15) is 36.1 Å². The smallest absolute Gasteiger partial charge is 0.171 e. The van der Waals surface area contributed by atoms with Crippen LogP contribution in [0, 0.1) is 13.8 Å². The highest BCUT2D eigenvalue weighted by Gasteiger charge is 2.10. The van der Waals surface area contributed by atoms with E-state index in [9.17, 15) is 0 Å². The summed E-state index contributed by atoms with van der Waals surface area (Å²) in [6, 6.07) is 17.0. The first-order chi connectivity index (χ1) is 10.1. The molecule has 1 atom stereocenters. The molecule has 0 heterocycles. The zero-order chi connectivity index (χ0) is 15.2. The summed E-state index contributed by atoms with van der Waals surface area (Å²) >= 11 is 5.46. The van der Waals surface area contributed by atoms with Gasteiger partial charge in [0.05, 0.1) is 6.04 Å². The van der Waals surface area contributed by atoms with Crippen molar-refractivity contribution >= 4 is 23.0 Å². The van der Waals surface area contributed by atoms with Gasteiger partial charge in [-0.05, 0) is 55.2 Å². The maximum Gasteiger partial charge on any atom is 0.171 e. The van der Waals surface area contributed by atoms with E-state index in [-0.39, 0.29) is 6.04 Å². The molecule has 0 spiro atoms. The van der Waals surface area contributed by atoms with E-state index in [1.165, 1.54) is 16.7 Å². The van der Waals surface area contributed by atoms with Gasteiger partial charge in [0.15, 0.2) is 5.11 Å². The molecule has 0 fully saturated rings. The molecule has 0 amide bonds. The lowest BCUT2D eigenvalue weighted by Crippen LogP contribution is -2.32. The third-order valence-corrected chi connectivity index (χ3v) is 3.78. The first-order valence-electron chi connectivity index (χ1n) is 7.30. The summed E-state index contributed by atoms with van der Waals surface area (Å²) in [7, 11) is 0. The molecular formula is C18H22N2S. The van der Waals surface area contributed by atoms with Gasteiger partial charge >= 0.3 is 0 Å². The number of nitrogens with one attached hydrogen (secondary N) is 2. The number of hydrogen-bond acceptors (Lipinski definition) is 1. The molecule has 2 nitrogen and oxygen atoms in total. The molecule has 2 N–H and O–H groups in total. The second kappa shape index (κ2) is 7.23. The van der Waals surface area contributed by atoms with Crippen LogP contribution in [0.3, 0.4) is 0 Å². The molecule has 3 heteroatoms. The second-order valence-electron chi connectivity index (χ2n) is 5.29. The Morgan fingerprint density at radius 3 is 2.48 bits per heavy atom. The summed E-state index contributed by atoms with van der Waals surface area (Å²) in [5.74, 6) is 0. The Morgan fingerprint density at radius 2 is 1.81 bits per heavy atom. The topological polar surface area (TPSA) is 24.1 Å². The van der Waals surface area contributed by atoms with Crippen LogP contribution in [0.2, 0.25) is 0 Å². The summed E-state index contributed by atoms with van der Waals surface area (Å²) in [4.78, 5) is 0. The first-order valence-corrected chi connectivity index (χ1v) is 7.70. The van der Waals surface area contributed by atoms with Gasteiger partial charge < -0.3 is 10.6 Å². The lowest BCUT2D eigenvalue weighted by Gasteiger charge is -2.20. The molecule has 110 valence electrons. The van der Waals surface area contributed by atoms with Gasteiger partial charge in [-0.25, -0.2) is 0 Å². The fourth-order valence-electron chi connectivity index (χ4n) is 2.29. The van der Waals surface area contributed by atoms with E-state index < -0.39 is 0 Å². The van der Waals surface area contributed by atoms with Crippen molar-refractivity contribution in [2.24, 2.45) is 0 Å². The summed E-state index contributed by atoms with van der Waals surface area (Å²) in [6.07, 6.45) is 0.985. The normalized spacial score (nSPS) is 11.8. The minimum absolute atomic E-state index is 0.233. The largest absolute Gasteiger partial charge is 0.356 e. The Kier molecular flexibility index (Phi) is 5.34. The van der Waals surface area contributed by atoms with Gasteiger partial charge in [0.1, 0.15) is 0 Å². The van der Waals surface area contributed by atoms with Crippen molar-refractivity contribution in [3.8, 4) is 0 Å². The van der Waals surface area contributed by atoms with E-state index in [0.717, 1.165) is 12.1 Å². The number of hydrogen-bond donors (Lipinski definition) is 2. The molecule has 0 aromatic heterocycles. The zero-order valence-electron chi connectivity index (χ0n) is 12.8. The van der Waals surface area contributed by atoms with Crippen LogP contribution in [-0.2, 0) is 0 Å². The van der Waals surface area contributed by atoms with E-state index in [1.807, 2.05) is 6.07 Å². The number of thiocarbonyl (C=S) groups is 1. The van der Waals surface area contributed by atoms with Crippen molar-refractivity contribution in [1.29, 1.82) is 0 Å². The van der Waals surface area contributed by atoms with Gasteiger partial charge in [-0.2, -0.15) is 0 Å². The maximum absolute atomic E-state index is 5.46. The number of anilines is 1. The van der Waals surface area contributed by atoms with Crippen molar-refractivity contribution in [2.75, 3.05) is 5.32 Å². The highest BCUT2D eigenvalue weighted by atomic mass is 32.1. The Hall–Kier alpha value is -1.87. The highest BCUT2D eigenvalue weighted by molar-refractivity contribution is 7.80. The van der Waals surface area contributed by atoms with Crippen molar-refractivity contribution in [3.05, 3.63) is 65.2 Å². The molecule has 0 radical (unpaired) electrons. The molecule has 0 aliphatic carbocycles. The molecule has 0 saturated carbocycles. The Morgan fingerprint density at radius 1 is 1.10 bits per heavy atom. The quantitative estimate of drug-likeness (QED) is 0.797. The molecule has 0 aliphatic heterocycles. The highest BCUT2D eigenvalue weighted by Crippen LogP contribution is 2.18. The van der Waals surface area contributed by atoms with Crippen molar-refractivity contribution < 1.29 is 0 Å². The molecule has 0 unspecified atom stereocenters. The minimum Gasteiger partial charge on any atom is -0.356 e. The van der Waals surface area contributed by atoms with Gasteiger partial charge in [0.2, 0.25) is 0 Å². The predicted molar refractivity (Wildman–Crippen MR) is 94.7 cm³/mol. The summed E-state index contributed by atoms with van der Waals surface area (Å²) in [5.41, 5.74) is 4.74. The minimum atomic E-state index is 0.233. The first kappa shape index (κ1) is 15.5. The Labute approximate surface area is 132 Å². The fourth-order valence-corrected chi connectivity index (χ4v) is 2.55. The van der Waals surface area contributed by atoms with E-state index in [0.29, 0.717) is 5.11 Å². The monoisotopic (exact) mass is 298 g/mol. The number of aryl methyl sites for hydroxylation is 2. The second-order valence-corrected chi connectivity index (χ2v) is 5.70. The van der Waals surface area contributed by atoms with Crippen LogP contribution >= 0.6 is 12.2 Å². The summed E-state index contributed by atoms with van der Waals surface area (Å²) in [6.45, 7) is 6.32. The van der Waals surface area contributed by atoms with E-state index in [4.69, 9.17) is 12.2 Å². The number of rotatable bonds is 4. The molecular weight excluding hydrogens is 276 g/mol. The lowest BCUT2D eigenvalue weighted by molar-refractivity contribution is 0.629. The average Bonchev–Trinajstić information content (AvgIpc) is 2.49. The van der Waals surface area contributed by atoms with Gasteiger partial charge in [0, 0.05) is 5.69 Å². The maximum atomic E-state index is 5.46. The lowest BCUT2D eigenvalue weighted by atomic mass is 10.1. The summed E-state index contributed by atoms with van der Waals surface area (Å²) < 4.78 is 0. The van der Waals surface area contributed by atoms with E-state index in [1.54, 1.807) is 0 Å². The molecule has 0 bridgehead atoms. The standard InChI is InChI=1S/C18H22N2S/c1-4-16(15-8-6-5-7-9-15)19-18(21)20-17-12-13(2)10-11-14(17)3/h5-12,16H,4H2,1-3H3,(H2,19,20,21)/t16-/m0/s1. The molecule has 2 rings (SSSR count). The fraction of sp³-hybridized carbons (Fsp3) is 0.278. The van der Waals surface area contributed by atoms with Crippen molar-refractivity contribution in [2.45, 2.75) is 33.2 Å². The predicted octanol–water partition coefficient (Wildman–Crippen LogP) is 4.74. The zero-order valence-corrected chi connectivity index (χ0v) is 13.6. The third kappa shape index (κ3) is 4.30. The van der Waals surface area contributed by atoms with Gasteiger partial charge in [0.25, 0.3) is 0 Å². The van der Waals surface area contributed by atoms with E-state index in [2.05, 4.69) is 73.9 Å². The number of benzene rings is 2.